The Bertz CT molecular complexity index is 1450. The highest BCUT2D eigenvalue weighted by molar-refractivity contribution is 6.16. The number of aliphatic hydroxyl groups is 2. The lowest BCUT2D eigenvalue weighted by molar-refractivity contribution is -0.192. The van der Waals surface area contributed by atoms with Gasteiger partial charge in [0.1, 0.15) is 5.82 Å². The number of aliphatic hydroxyl groups excluding tert-OH is 2. The van der Waals surface area contributed by atoms with Crippen LogP contribution >= 0.6 is 0 Å². The van der Waals surface area contributed by atoms with E-state index in [4.69, 9.17) is 15.6 Å². The second-order valence-electron chi connectivity index (χ2n) is 7.74. The number of nitrogens with one attached hydrogen (secondary N) is 1. The molecule has 2 heterocycles. The monoisotopic (exact) mass is 545 g/mol. The van der Waals surface area contributed by atoms with E-state index in [1.54, 1.807) is 29.0 Å². The first-order valence-corrected chi connectivity index (χ1v) is 10.8. The molecule has 2 aromatic carbocycles. The smallest absolute Gasteiger partial charge is 0.475 e. The number of nitrogens with zero attached hydrogens (tertiary/aromatic N) is 3. The molecule has 0 spiro atoms. The summed E-state index contributed by atoms with van der Waals surface area (Å²) in [4.78, 5) is 17.4. The van der Waals surface area contributed by atoms with E-state index in [2.05, 4.69) is 15.3 Å². The number of alkyl halides is 6. The maximum atomic E-state index is 13.8. The highest BCUT2D eigenvalue weighted by atomic mass is 19.4. The first-order chi connectivity index (χ1) is 17.8. The number of halogens is 6. The Hall–Kier alpha value is -4.11. The van der Waals surface area contributed by atoms with Crippen molar-refractivity contribution in [3.63, 3.8) is 0 Å². The summed E-state index contributed by atoms with van der Waals surface area (Å²) in [6, 6.07) is 8.63. The summed E-state index contributed by atoms with van der Waals surface area (Å²) in [6.07, 6.45) is -7.93. The van der Waals surface area contributed by atoms with Crippen molar-refractivity contribution in [3.8, 4) is 11.1 Å². The number of anilines is 2. The van der Waals surface area contributed by atoms with E-state index < -0.39 is 23.9 Å². The number of rotatable bonds is 6. The van der Waals surface area contributed by atoms with E-state index in [1.807, 2.05) is 0 Å². The fourth-order valence-corrected chi connectivity index (χ4v) is 3.81. The molecule has 0 radical (unpaired) electrons. The predicted octanol–water partition coefficient (Wildman–Crippen LogP) is 3.88. The molecule has 4 rings (SSSR count). The standard InChI is InChI=1S/C21H20F3N5O2.C2HF3O2/c22-21(23,24)15-4-2-1-3-12(15)14-11-16-17(13-5-7-29(8-10-31)18(13)14)19(26-6-9-30)28-20(25)27-16;3-2(4,5)1(6)7/h1-5,7,11,30-31H,6,8-10H2,(H3,25,26,27,28);(H,6,7). The van der Waals surface area contributed by atoms with Gasteiger partial charge in [0.15, 0.2) is 0 Å². The molecule has 15 heteroatoms. The third-order valence-corrected chi connectivity index (χ3v) is 5.23. The van der Waals surface area contributed by atoms with E-state index in [-0.39, 0.29) is 37.8 Å². The summed E-state index contributed by atoms with van der Waals surface area (Å²) in [6.45, 7) is 0.0849. The van der Waals surface area contributed by atoms with Crippen LogP contribution in [0.5, 0.6) is 0 Å². The minimum absolute atomic E-state index is 0.00170. The summed E-state index contributed by atoms with van der Waals surface area (Å²) in [7, 11) is 0. The van der Waals surface area contributed by atoms with Gasteiger partial charge in [-0.25, -0.2) is 9.78 Å². The molecule has 2 aromatic heterocycles. The van der Waals surface area contributed by atoms with Crippen molar-refractivity contribution in [2.24, 2.45) is 0 Å². The first-order valence-electron chi connectivity index (χ1n) is 10.8. The van der Waals surface area contributed by atoms with Gasteiger partial charge in [-0.2, -0.15) is 31.3 Å². The SMILES string of the molecule is Nc1nc(NCCO)c2c(cc(-c3ccccc3C(F)(F)F)c3c2ccn3CCO)n1.O=C(O)C(F)(F)F. The van der Waals surface area contributed by atoms with Crippen LogP contribution in [0, 0.1) is 0 Å². The summed E-state index contributed by atoms with van der Waals surface area (Å²) in [5.74, 6) is -2.43. The van der Waals surface area contributed by atoms with E-state index in [0.29, 0.717) is 33.2 Å². The number of nitrogens with two attached hydrogens (primary N) is 1. The lowest BCUT2D eigenvalue weighted by Crippen LogP contribution is -2.21. The van der Waals surface area contributed by atoms with Crippen molar-refractivity contribution in [2.45, 2.75) is 18.9 Å². The Kier molecular flexibility index (Phi) is 8.31. The van der Waals surface area contributed by atoms with Gasteiger partial charge < -0.3 is 30.9 Å². The van der Waals surface area contributed by atoms with Crippen LogP contribution in [0.15, 0.2) is 42.6 Å². The Balaban J connectivity index is 0.000000505. The Morgan fingerprint density at radius 2 is 1.66 bits per heavy atom. The molecule has 38 heavy (non-hydrogen) atoms. The van der Waals surface area contributed by atoms with Gasteiger partial charge in [0, 0.05) is 30.2 Å². The van der Waals surface area contributed by atoms with Crippen molar-refractivity contribution in [2.75, 3.05) is 30.8 Å². The minimum atomic E-state index is -5.08. The van der Waals surface area contributed by atoms with Crippen LogP contribution < -0.4 is 11.1 Å². The van der Waals surface area contributed by atoms with Crippen LogP contribution in [0.2, 0.25) is 0 Å². The first kappa shape index (κ1) is 28.5. The van der Waals surface area contributed by atoms with Crippen LogP contribution in [-0.4, -0.2) is 61.8 Å². The molecule has 0 saturated heterocycles. The van der Waals surface area contributed by atoms with Gasteiger partial charge >= 0.3 is 18.3 Å². The Morgan fingerprint density at radius 1 is 1.00 bits per heavy atom. The molecule has 0 atom stereocenters. The van der Waals surface area contributed by atoms with E-state index >= 15 is 0 Å². The molecule has 0 fully saturated rings. The van der Waals surface area contributed by atoms with Gasteiger partial charge in [-0.1, -0.05) is 18.2 Å². The fourth-order valence-electron chi connectivity index (χ4n) is 3.81. The Labute approximate surface area is 210 Å². The number of carboxylic acid groups (broad SMARTS) is 1. The average Bonchev–Trinajstić information content (AvgIpc) is 3.25. The van der Waals surface area contributed by atoms with Gasteiger partial charge in [0.2, 0.25) is 5.95 Å². The molecule has 0 saturated carbocycles. The molecule has 6 N–H and O–H groups in total. The largest absolute Gasteiger partial charge is 0.490 e. The van der Waals surface area contributed by atoms with Gasteiger partial charge in [0.05, 0.1) is 35.2 Å². The molecular weight excluding hydrogens is 524 g/mol. The van der Waals surface area contributed by atoms with Crippen molar-refractivity contribution in [1.82, 2.24) is 14.5 Å². The molecule has 0 aliphatic carbocycles. The summed E-state index contributed by atoms with van der Waals surface area (Å²) in [5.41, 5.74) is 6.27. The van der Waals surface area contributed by atoms with Gasteiger partial charge in [-0.05, 0) is 23.8 Å². The fraction of sp³-hybridized carbons (Fsp3) is 0.261. The number of aromatic nitrogens is 3. The molecule has 204 valence electrons. The third kappa shape index (κ3) is 6.06. The number of benzene rings is 2. The number of nitrogen functional groups attached to an aromatic ring is 1. The number of fused-ring (bicyclic) bond motifs is 3. The topological polar surface area (TPSA) is 147 Å². The van der Waals surface area contributed by atoms with Gasteiger partial charge in [-0.3, -0.25) is 0 Å². The summed E-state index contributed by atoms with van der Waals surface area (Å²) in [5, 5.41) is 30.0. The molecule has 0 amide bonds. The zero-order valence-electron chi connectivity index (χ0n) is 19.3. The molecule has 0 aliphatic rings. The Morgan fingerprint density at radius 3 is 2.24 bits per heavy atom. The highest BCUT2D eigenvalue weighted by Crippen LogP contribution is 2.42. The van der Waals surface area contributed by atoms with Crippen LogP contribution in [0.25, 0.3) is 32.9 Å². The summed E-state index contributed by atoms with van der Waals surface area (Å²) < 4.78 is 74.7. The van der Waals surface area contributed by atoms with Crippen LogP contribution in [0.4, 0.5) is 38.1 Å². The number of carboxylic acids is 1. The zero-order valence-corrected chi connectivity index (χ0v) is 19.3. The van der Waals surface area contributed by atoms with E-state index in [9.17, 15) is 36.6 Å². The van der Waals surface area contributed by atoms with Crippen molar-refractivity contribution in [1.29, 1.82) is 0 Å². The number of hydrogen-bond donors (Lipinski definition) is 5. The predicted molar refractivity (Wildman–Crippen MR) is 126 cm³/mol. The maximum absolute atomic E-state index is 13.8. The molecule has 0 unspecified atom stereocenters. The second-order valence-corrected chi connectivity index (χ2v) is 7.74. The quantitative estimate of drug-likeness (QED) is 0.230. The lowest BCUT2D eigenvalue weighted by atomic mass is 9.95. The van der Waals surface area contributed by atoms with Crippen LogP contribution in [0.3, 0.4) is 0 Å². The van der Waals surface area contributed by atoms with Crippen LogP contribution in [-0.2, 0) is 17.5 Å². The number of carbonyl (C=O) groups is 1. The average molecular weight is 545 g/mol. The van der Waals surface area contributed by atoms with Gasteiger partial charge in [0.25, 0.3) is 0 Å². The minimum Gasteiger partial charge on any atom is -0.475 e. The highest BCUT2D eigenvalue weighted by Gasteiger charge is 2.38. The van der Waals surface area contributed by atoms with E-state index in [0.717, 1.165) is 6.07 Å². The van der Waals surface area contributed by atoms with Crippen molar-refractivity contribution in [3.05, 3.63) is 48.2 Å². The molecule has 4 aromatic rings. The normalized spacial score (nSPS) is 11.9. The number of hydrogen-bond acceptors (Lipinski definition) is 7. The third-order valence-electron chi connectivity index (χ3n) is 5.23. The molecular formula is C23H21F6N5O4. The van der Waals surface area contributed by atoms with E-state index in [1.165, 1.54) is 12.1 Å². The molecule has 0 bridgehead atoms. The molecule has 0 aliphatic heterocycles. The zero-order chi connectivity index (χ0) is 28.3. The van der Waals surface area contributed by atoms with Crippen LogP contribution in [0.1, 0.15) is 5.56 Å². The maximum Gasteiger partial charge on any atom is 0.490 e. The van der Waals surface area contributed by atoms with Crippen molar-refractivity contribution < 1.29 is 46.5 Å². The second kappa shape index (κ2) is 11.1. The van der Waals surface area contributed by atoms with Crippen molar-refractivity contribution >= 4 is 39.5 Å². The number of aliphatic carboxylic acids is 1. The lowest BCUT2D eigenvalue weighted by Gasteiger charge is -2.17. The molecule has 9 nitrogen and oxygen atoms in total. The summed E-state index contributed by atoms with van der Waals surface area (Å²) >= 11 is 0. The van der Waals surface area contributed by atoms with Gasteiger partial charge in [-0.15, -0.1) is 0 Å².